The molecule has 0 bridgehead atoms. The zero-order chi connectivity index (χ0) is 17.1. The van der Waals surface area contributed by atoms with Crippen LogP contribution >= 0.6 is 0 Å². The van der Waals surface area contributed by atoms with E-state index >= 15 is 0 Å². The first-order chi connectivity index (χ1) is 12.3. The van der Waals surface area contributed by atoms with E-state index in [1.807, 2.05) is 91.9 Å². The van der Waals surface area contributed by atoms with Crippen molar-refractivity contribution in [3.63, 3.8) is 0 Å². The molecule has 0 N–H and O–H groups in total. The van der Waals surface area contributed by atoms with E-state index < -0.39 is 0 Å². The summed E-state index contributed by atoms with van der Waals surface area (Å²) in [7, 11) is 0. The van der Waals surface area contributed by atoms with Crippen LogP contribution in [0.25, 0.3) is 22.6 Å². The summed E-state index contributed by atoms with van der Waals surface area (Å²) in [5, 5.41) is 0. The van der Waals surface area contributed by atoms with E-state index in [9.17, 15) is 0 Å². The molecule has 0 saturated carbocycles. The summed E-state index contributed by atoms with van der Waals surface area (Å²) in [5.74, 6) is 1.59. The molecule has 0 fully saturated rings. The number of rotatable bonds is 3. The molecule has 4 rings (SSSR count). The molecule has 0 aliphatic heterocycles. The van der Waals surface area contributed by atoms with Gasteiger partial charge in [0.05, 0.1) is 5.69 Å². The maximum absolute atomic E-state index is 5.96. The van der Waals surface area contributed by atoms with Gasteiger partial charge < -0.3 is 8.83 Å². The Morgan fingerprint density at radius 3 is 1.56 bits per heavy atom. The fourth-order valence-corrected chi connectivity index (χ4v) is 2.62. The largest absolute Gasteiger partial charge is 0.406 e. The van der Waals surface area contributed by atoms with Gasteiger partial charge in [0, 0.05) is 11.1 Å². The van der Waals surface area contributed by atoms with Crippen LogP contribution in [0.5, 0.6) is 0 Å². The van der Waals surface area contributed by atoms with Crippen LogP contribution in [0.2, 0.25) is 0 Å². The van der Waals surface area contributed by atoms with Gasteiger partial charge in [-0.3, -0.25) is 0 Å². The van der Waals surface area contributed by atoms with E-state index in [1.165, 1.54) is 5.56 Å². The predicted octanol–water partition coefficient (Wildman–Crippen LogP) is 5.75. The van der Waals surface area contributed by atoms with Crippen molar-refractivity contribution in [3.05, 3.63) is 96.2 Å². The minimum Gasteiger partial charge on any atom is -0.406 e. The highest BCUT2D eigenvalue weighted by Gasteiger charge is 2.15. The molecule has 3 heteroatoms. The van der Waals surface area contributed by atoms with Crippen LogP contribution in [0.4, 0.5) is 5.69 Å². The Hall–Kier alpha value is -3.33. The van der Waals surface area contributed by atoms with Crippen LogP contribution < -0.4 is 5.75 Å². The molecule has 0 unspecified atom stereocenters. The molecule has 4 aromatic rings. The SMILES string of the molecule is Cc1ccc(N=c2oc(-c3ccccc3)c(-c3ccccc3)o2)cc1. The van der Waals surface area contributed by atoms with E-state index in [4.69, 9.17) is 8.83 Å². The molecule has 0 aliphatic rings. The Balaban J connectivity index is 1.88. The molecule has 0 radical (unpaired) electrons. The first-order valence-electron chi connectivity index (χ1n) is 8.16. The monoisotopic (exact) mass is 327 g/mol. The van der Waals surface area contributed by atoms with Gasteiger partial charge >= 0.3 is 5.75 Å². The Bertz CT molecular complexity index is 967. The Kier molecular flexibility index (Phi) is 4.05. The maximum atomic E-state index is 5.96. The highest BCUT2D eigenvalue weighted by Crippen LogP contribution is 2.31. The lowest BCUT2D eigenvalue weighted by Crippen LogP contribution is -1.92. The molecule has 0 amide bonds. The van der Waals surface area contributed by atoms with Gasteiger partial charge in [-0.15, -0.1) is 0 Å². The lowest BCUT2D eigenvalue weighted by atomic mass is 10.1. The Morgan fingerprint density at radius 1 is 0.600 bits per heavy atom. The second-order valence-electron chi connectivity index (χ2n) is 5.81. The molecule has 122 valence electrons. The molecular formula is C22H17NO2. The summed E-state index contributed by atoms with van der Waals surface area (Å²) in [5.41, 5.74) is 3.89. The number of aryl methyl sites for hydroxylation is 1. The van der Waals surface area contributed by atoms with Gasteiger partial charge in [0.2, 0.25) is 0 Å². The lowest BCUT2D eigenvalue weighted by Gasteiger charge is -1.99. The highest BCUT2D eigenvalue weighted by molar-refractivity contribution is 5.74. The zero-order valence-corrected chi connectivity index (χ0v) is 13.8. The third-order valence-electron chi connectivity index (χ3n) is 3.91. The normalized spacial score (nSPS) is 10.6. The van der Waals surface area contributed by atoms with Gasteiger partial charge in [0.1, 0.15) is 0 Å². The third kappa shape index (κ3) is 3.31. The number of hydrogen-bond donors (Lipinski definition) is 0. The molecule has 0 aliphatic carbocycles. The smallest absolute Gasteiger partial charge is 0.400 e. The van der Waals surface area contributed by atoms with Crippen molar-refractivity contribution in [1.82, 2.24) is 0 Å². The van der Waals surface area contributed by atoms with Gasteiger partial charge in [0.15, 0.2) is 11.5 Å². The number of hydrogen-bond acceptors (Lipinski definition) is 3. The zero-order valence-electron chi connectivity index (χ0n) is 13.8. The molecule has 0 spiro atoms. The maximum Gasteiger partial charge on any atom is 0.400 e. The van der Waals surface area contributed by atoms with E-state index in [2.05, 4.69) is 4.99 Å². The van der Waals surface area contributed by atoms with Crippen LogP contribution in [0.3, 0.4) is 0 Å². The molecule has 1 aromatic heterocycles. The number of nitrogens with zero attached hydrogens (tertiary/aromatic N) is 1. The standard InChI is InChI=1S/C22H17NO2/c1-16-12-14-19(15-13-16)23-22-24-20(17-8-4-2-5-9-17)21(25-22)18-10-6-3-7-11-18/h2-15H,1H3. The van der Waals surface area contributed by atoms with E-state index in [-0.39, 0.29) is 5.75 Å². The fourth-order valence-electron chi connectivity index (χ4n) is 2.62. The topological polar surface area (TPSA) is 38.6 Å². The summed E-state index contributed by atoms with van der Waals surface area (Å²) in [4.78, 5) is 4.48. The Labute approximate surface area is 145 Å². The van der Waals surface area contributed by atoms with Gasteiger partial charge in [-0.05, 0) is 19.1 Å². The van der Waals surface area contributed by atoms with Crippen molar-refractivity contribution < 1.29 is 8.83 Å². The van der Waals surface area contributed by atoms with Gasteiger partial charge in [0.25, 0.3) is 0 Å². The van der Waals surface area contributed by atoms with E-state index in [0.29, 0.717) is 11.5 Å². The van der Waals surface area contributed by atoms with E-state index in [0.717, 1.165) is 16.8 Å². The van der Waals surface area contributed by atoms with Crippen molar-refractivity contribution in [2.24, 2.45) is 4.99 Å². The first kappa shape index (κ1) is 15.2. The molecule has 25 heavy (non-hydrogen) atoms. The van der Waals surface area contributed by atoms with E-state index in [1.54, 1.807) is 0 Å². The fraction of sp³-hybridized carbons (Fsp3) is 0.0455. The van der Waals surface area contributed by atoms with Crippen LogP contribution in [-0.2, 0) is 0 Å². The first-order valence-corrected chi connectivity index (χ1v) is 8.16. The van der Waals surface area contributed by atoms with Crippen LogP contribution in [0.15, 0.2) is 98.8 Å². The average molecular weight is 327 g/mol. The summed E-state index contributed by atoms with van der Waals surface area (Å²) < 4.78 is 11.9. The molecule has 3 aromatic carbocycles. The van der Waals surface area contributed by atoms with Gasteiger partial charge in [-0.25, -0.2) is 0 Å². The van der Waals surface area contributed by atoms with Crippen molar-refractivity contribution in [2.75, 3.05) is 0 Å². The lowest BCUT2D eigenvalue weighted by molar-refractivity contribution is 0.376. The minimum absolute atomic E-state index is 0.238. The Morgan fingerprint density at radius 2 is 1.08 bits per heavy atom. The summed E-state index contributed by atoms with van der Waals surface area (Å²) in [6.07, 6.45) is 0. The average Bonchev–Trinajstić information content (AvgIpc) is 3.09. The van der Waals surface area contributed by atoms with Crippen molar-refractivity contribution >= 4 is 5.69 Å². The quantitative estimate of drug-likeness (QED) is 0.481. The molecule has 3 nitrogen and oxygen atoms in total. The molecule has 0 saturated heterocycles. The van der Waals surface area contributed by atoms with Gasteiger partial charge in [-0.2, -0.15) is 4.99 Å². The summed E-state index contributed by atoms with van der Waals surface area (Å²) in [6, 6.07) is 27.7. The predicted molar refractivity (Wildman–Crippen MR) is 98.2 cm³/mol. The highest BCUT2D eigenvalue weighted by atomic mass is 16.5. The molecule has 1 heterocycles. The molecule has 0 atom stereocenters. The van der Waals surface area contributed by atoms with Crippen molar-refractivity contribution in [3.8, 4) is 22.6 Å². The van der Waals surface area contributed by atoms with Crippen molar-refractivity contribution in [2.45, 2.75) is 6.92 Å². The second kappa shape index (κ2) is 6.65. The van der Waals surface area contributed by atoms with Crippen LogP contribution in [0, 0.1) is 6.92 Å². The van der Waals surface area contributed by atoms with Crippen molar-refractivity contribution in [1.29, 1.82) is 0 Å². The second-order valence-corrected chi connectivity index (χ2v) is 5.81. The number of benzene rings is 3. The third-order valence-corrected chi connectivity index (χ3v) is 3.91. The van der Waals surface area contributed by atoms with Gasteiger partial charge in [-0.1, -0.05) is 78.4 Å². The van der Waals surface area contributed by atoms with Crippen LogP contribution in [0.1, 0.15) is 5.56 Å². The minimum atomic E-state index is 0.238. The van der Waals surface area contributed by atoms with Crippen LogP contribution in [-0.4, -0.2) is 0 Å². The molecular weight excluding hydrogens is 310 g/mol. The summed E-state index contributed by atoms with van der Waals surface area (Å²) >= 11 is 0. The summed E-state index contributed by atoms with van der Waals surface area (Å²) in [6.45, 7) is 2.04.